The van der Waals surface area contributed by atoms with Crippen LogP contribution in [0.2, 0.25) is 0 Å². The second-order valence-electron chi connectivity index (χ2n) is 7.07. The Morgan fingerprint density at radius 3 is 2.84 bits per heavy atom. The first-order valence-electron chi connectivity index (χ1n) is 9.12. The predicted molar refractivity (Wildman–Crippen MR) is 92.8 cm³/mol. The molecule has 2 aromatic rings. The summed E-state index contributed by atoms with van der Waals surface area (Å²) in [4.78, 5) is 14.5. The van der Waals surface area contributed by atoms with Gasteiger partial charge >= 0.3 is 0 Å². The van der Waals surface area contributed by atoms with Gasteiger partial charge in [-0.2, -0.15) is 5.10 Å². The van der Waals surface area contributed by atoms with E-state index < -0.39 is 0 Å². The van der Waals surface area contributed by atoms with Gasteiger partial charge in [0.25, 0.3) is 0 Å². The standard InChI is InChI=1S/C17H25N7O/c1-22-11-13(10-18-22)17-21-20-15-5-4-14(6-9-24(15)17)19-16(25)12-23-7-2-3-8-23/h10-11,14H,2-9,12H2,1H3,(H,19,25). The monoisotopic (exact) mass is 343 g/mol. The van der Waals surface area contributed by atoms with Crippen molar-refractivity contribution in [1.82, 2.24) is 34.8 Å². The number of carbonyl (C=O) groups excluding carboxylic acids is 1. The summed E-state index contributed by atoms with van der Waals surface area (Å²) in [5, 5.41) is 16.1. The zero-order chi connectivity index (χ0) is 17.2. The normalized spacial score (nSPS) is 21.1. The molecule has 4 rings (SSSR count). The summed E-state index contributed by atoms with van der Waals surface area (Å²) in [5.74, 6) is 2.01. The van der Waals surface area contributed by atoms with Gasteiger partial charge in [-0.05, 0) is 38.8 Å². The quantitative estimate of drug-likeness (QED) is 0.879. The van der Waals surface area contributed by atoms with E-state index in [0.29, 0.717) is 6.54 Å². The number of aryl methyl sites for hydroxylation is 2. The minimum absolute atomic E-state index is 0.150. The highest BCUT2D eigenvalue weighted by molar-refractivity contribution is 5.78. The van der Waals surface area contributed by atoms with Crippen molar-refractivity contribution in [3.8, 4) is 11.4 Å². The average molecular weight is 343 g/mol. The van der Waals surface area contributed by atoms with E-state index in [0.717, 1.165) is 56.1 Å². The summed E-state index contributed by atoms with van der Waals surface area (Å²) >= 11 is 0. The number of hydrogen-bond acceptors (Lipinski definition) is 5. The third-order valence-electron chi connectivity index (χ3n) is 5.14. The van der Waals surface area contributed by atoms with Gasteiger partial charge in [0.15, 0.2) is 5.82 Å². The Morgan fingerprint density at radius 1 is 1.24 bits per heavy atom. The van der Waals surface area contributed by atoms with Crippen LogP contribution in [0, 0.1) is 0 Å². The fraction of sp³-hybridized carbons (Fsp3) is 0.647. The minimum atomic E-state index is 0.150. The van der Waals surface area contributed by atoms with Crippen LogP contribution in [0.4, 0.5) is 0 Å². The van der Waals surface area contributed by atoms with Crippen LogP contribution >= 0.6 is 0 Å². The van der Waals surface area contributed by atoms with E-state index in [4.69, 9.17) is 0 Å². The first-order chi connectivity index (χ1) is 12.2. The van der Waals surface area contributed by atoms with Crippen LogP contribution in [0.25, 0.3) is 11.4 Å². The molecule has 8 nitrogen and oxygen atoms in total. The van der Waals surface area contributed by atoms with Crippen molar-refractivity contribution in [3.05, 3.63) is 18.2 Å². The Bertz CT molecular complexity index is 744. The lowest BCUT2D eigenvalue weighted by atomic mass is 10.1. The smallest absolute Gasteiger partial charge is 0.234 e. The maximum atomic E-state index is 12.3. The molecule has 1 amide bonds. The number of carbonyl (C=O) groups is 1. The summed E-state index contributed by atoms with van der Waals surface area (Å²) < 4.78 is 3.94. The van der Waals surface area contributed by atoms with Gasteiger partial charge in [0.1, 0.15) is 5.82 Å². The lowest BCUT2D eigenvalue weighted by Crippen LogP contribution is -2.41. The molecule has 1 unspecified atom stereocenters. The lowest BCUT2D eigenvalue weighted by molar-refractivity contribution is -0.122. The van der Waals surface area contributed by atoms with Gasteiger partial charge < -0.3 is 9.88 Å². The SMILES string of the molecule is Cn1cc(-c2nnc3n2CCC(NC(=O)CN2CCCC2)CC3)cn1. The number of likely N-dealkylation sites (tertiary alicyclic amines) is 1. The summed E-state index contributed by atoms with van der Waals surface area (Å²) in [6.45, 7) is 3.45. The van der Waals surface area contributed by atoms with Gasteiger partial charge in [-0.1, -0.05) is 0 Å². The molecule has 0 saturated carbocycles. The number of hydrogen-bond donors (Lipinski definition) is 1. The van der Waals surface area contributed by atoms with Crippen LogP contribution < -0.4 is 5.32 Å². The van der Waals surface area contributed by atoms with Gasteiger partial charge in [0.2, 0.25) is 5.91 Å². The zero-order valence-electron chi connectivity index (χ0n) is 14.7. The molecule has 0 aromatic carbocycles. The molecular weight excluding hydrogens is 318 g/mol. The second-order valence-corrected chi connectivity index (χ2v) is 7.07. The molecule has 2 aliphatic rings. The van der Waals surface area contributed by atoms with Gasteiger partial charge in [-0.25, -0.2) is 0 Å². The first kappa shape index (κ1) is 16.3. The van der Waals surface area contributed by atoms with Crippen LogP contribution in [0.3, 0.4) is 0 Å². The topological polar surface area (TPSA) is 80.9 Å². The van der Waals surface area contributed by atoms with E-state index in [2.05, 4.69) is 30.1 Å². The summed E-state index contributed by atoms with van der Waals surface area (Å²) in [6, 6.07) is 0.207. The van der Waals surface area contributed by atoms with E-state index in [1.807, 2.05) is 19.4 Å². The van der Waals surface area contributed by atoms with Crippen LogP contribution in [-0.2, 0) is 24.8 Å². The third-order valence-corrected chi connectivity index (χ3v) is 5.14. The number of rotatable bonds is 4. The van der Waals surface area contributed by atoms with E-state index in [1.54, 1.807) is 4.68 Å². The number of fused-ring (bicyclic) bond motifs is 1. The lowest BCUT2D eigenvalue weighted by Gasteiger charge is -2.19. The Kier molecular flexibility index (Phi) is 4.52. The fourth-order valence-electron chi connectivity index (χ4n) is 3.80. The van der Waals surface area contributed by atoms with Crippen molar-refractivity contribution >= 4 is 5.91 Å². The second kappa shape index (κ2) is 6.95. The fourth-order valence-corrected chi connectivity index (χ4v) is 3.80. The van der Waals surface area contributed by atoms with Crippen molar-refractivity contribution in [3.63, 3.8) is 0 Å². The highest BCUT2D eigenvalue weighted by atomic mass is 16.2. The molecule has 0 bridgehead atoms. The molecule has 8 heteroatoms. The highest BCUT2D eigenvalue weighted by Crippen LogP contribution is 2.22. The number of amides is 1. The Hall–Kier alpha value is -2.22. The summed E-state index contributed by atoms with van der Waals surface area (Å²) in [7, 11) is 1.90. The largest absolute Gasteiger partial charge is 0.352 e. The summed E-state index contributed by atoms with van der Waals surface area (Å²) in [5.41, 5.74) is 0.984. The molecular formula is C17H25N7O. The predicted octanol–water partition coefficient (Wildman–Crippen LogP) is 0.595. The molecule has 1 saturated heterocycles. The van der Waals surface area contributed by atoms with Crippen LogP contribution in [-0.4, -0.2) is 61.0 Å². The van der Waals surface area contributed by atoms with Crippen LogP contribution in [0.15, 0.2) is 12.4 Å². The highest BCUT2D eigenvalue weighted by Gasteiger charge is 2.23. The van der Waals surface area contributed by atoms with Gasteiger partial charge in [0, 0.05) is 32.3 Å². The van der Waals surface area contributed by atoms with Gasteiger partial charge in [-0.3, -0.25) is 14.4 Å². The van der Waals surface area contributed by atoms with E-state index in [-0.39, 0.29) is 11.9 Å². The molecule has 134 valence electrons. The third kappa shape index (κ3) is 3.58. The molecule has 0 aliphatic carbocycles. The van der Waals surface area contributed by atoms with E-state index in [1.165, 1.54) is 12.8 Å². The summed E-state index contributed by atoms with van der Waals surface area (Å²) in [6.07, 6.45) is 8.85. The molecule has 1 N–H and O–H groups in total. The van der Waals surface area contributed by atoms with E-state index in [9.17, 15) is 4.79 Å². The number of nitrogens with one attached hydrogen (secondary N) is 1. The van der Waals surface area contributed by atoms with Crippen LogP contribution in [0.1, 0.15) is 31.5 Å². The molecule has 0 spiro atoms. The average Bonchev–Trinajstić information content (AvgIpc) is 3.29. The van der Waals surface area contributed by atoms with E-state index >= 15 is 0 Å². The zero-order valence-corrected chi connectivity index (χ0v) is 14.7. The van der Waals surface area contributed by atoms with Crippen molar-refractivity contribution in [2.45, 2.75) is 44.7 Å². The van der Waals surface area contributed by atoms with Crippen molar-refractivity contribution in [2.24, 2.45) is 7.05 Å². The van der Waals surface area contributed by atoms with Gasteiger partial charge in [-0.15, -0.1) is 10.2 Å². The Labute approximate surface area is 147 Å². The minimum Gasteiger partial charge on any atom is -0.352 e. The number of aromatic nitrogens is 5. The maximum absolute atomic E-state index is 12.3. The molecule has 2 aliphatic heterocycles. The molecule has 0 radical (unpaired) electrons. The number of nitrogens with zero attached hydrogens (tertiary/aromatic N) is 6. The van der Waals surface area contributed by atoms with Crippen molar-refractivity contribution in [2.75, 3.05) is 19.6 Å². The van der Waals surface area contributed by atoms with Crippen molar-refractivity contribution in [1.29, 1.82) is 0 Å². The van der Waals surface area contributed by atoms with Crippen LogP contribution in [0.5, 0.6) is 0 Å². The first-order valence-corrected chi connectivity index (χ1v) is 9.12. The Morgan fingerprint density at radius 2 is 2.08 bits per heavy atom. The molecule has 1 fully saturated rings. The van der Waals surface area contributed by atoms with Gasteiger partial charge in [0.05, 0.1) is 18.3 Å². The molecule has 25 heavy (non-hydrogen) atoms. The molecule has 4 heterocycles. The Balaban J connectivity index is 1.38. The molecule has 1 atom stereocenters. The van der Waals surface area contributed by atoms with Crippen molar-refractivity contribution < 1.29 is 4.79 Å². The molecule has 2 aromatic heterocycles. The maximum Gasteiger partial charge on any atom is 0.234 e.